The van der Waals surface area contributed by atoms with E-state index in [9.17, 15) is 4.39 Å². The molecule has 62 valence electrons. The highest BCUT2D eigenvalue weighted by molar-refractivity contribution is 5.78. The van der Waals surface area contributed by atoms with Crippen LogP contribution in [0.1, 0.15) is 5.56 Å². The van der Waals surface area contributed by atoms with Crippen molar-refractivity contribution in [1.29, 1.82) is 0 Å². The minimum Gasteiger partial charge on any atom is -0.392 e. The molecule has 0 fully saturated rings. The van der Waals surface area contributed by atoms with Crippen molar-refractivity contribution in [2.45, 2.75) is 6.61 Å². The summed E-state index contributed by atoms with van der Waals surface area (Å²) in [6, 6.07) is 2.90. The summed E-state index contributed by atoms with van der Waals surface area (Å²) in [5, 5.41) is 15.9. The molecule has 12 heavy (non-hydrogen) atoms. The molecule has 1 aromatic heterocycles. The first kappa shape index (κ1) is 7.24. The third-order valence-electron chi connectivity index (χ3n) is 1.78. The quantitative estimate of drug-likeness (QED) is 0.668. The largest absolute Gasteiger partial charge is 0.392 e. The lowest BCUT2D eigenvalue weighted by Gasteiger charge is -1.97. The van der Waals surface area contributed by atoms with E-state index in [1.165, 1.54) is 6.07 Å². The van der Waals surface area contributed by atoms with E-state index in [1.807, 2.05) is 0 Å². The van der Waals surface area contributed by atoms with Crippen LogP contribution >= 0.6 is 0 Å². The molecule has 0 amide bonds. The van der Waals surface area contributed by atoms with Crippen LogP contribution in [0.4, 0.5) is 4.39 Å². The van der Waals surface area contributed by atoms with Gasteiger partial charge in [0.15, 0.2) is 0 Å². The van der Waals surface area contributed by atoms with Gasteiger partial charge in [-0.15, -0.1) is 0 Å². The summed E-state index contributed by atoms with van der Waals surface area (Å²) in [5.41, 5.74) is 0.939. The summed E-state index contributed by atoms with van der Waals surface area (Å²) < 4.78 is 13.0. The van der Waals surface area contributed by atoms with Crippen molar-refractivity contribution in [1.82, 2.24) is 10.2 Å². The van der Waals surface area contributed by atoms with Gasteiger partial charge in [0.1, 0.15) is 5.82 Å². The molecule has 0 aliphatic carbocycles. The van der Waals surface area contributed by atoms with Gasteiger partial charge in [-0.25, -0.2) is 4.39 Å². The van der Waals surface area contributed by atoms with Crippen molar-refractivity contribution >= 4 is 10.9 Å². The van der Waals surface area contributed by atoms with E-state index in [2.05, 4.69) is 10.2 Å². The molecule has 1 heterocycles. The number of hydrogen-bond donors (Lipinski definition) is 2. The van der Waals surface area contributed by atoms with Crippen LogP contribution in [0, 0.1) is 5.82 Å². The number of hydrogen-bond acceptors (Lipinski definition) is 2. The molecule has 0 bridgehead atoms. The second-order valence-electron chi connectivity index (χ2n) is 2.56. The third-order valence-corrected chi connectivity index (χ3v) is 1.78. The maximum absolute atomic E-state index is 13.0. The van der Waals surface area contributed by atoms with Gasteiger partial charge in [-0.1, -0.05) is 0 Å². The molecular weight excluding hydrogens is 159 g/mol. The normalized spacial score (nSPS) is 10.8. The van der Waals surface area contributed by atoms with Crippen molar-refractivity contribution in [2.24, 2.45) is 0 Å². The van der Waals surface area contributed by atoms with Crippen LogP contribution in [0.5, 0.6) is 0 Å². The van der Waals surface area contributed by atoms with Crippen LogP contribution in [-0.4, -0.2) is 15.3 Å². The second kappa shape index (κ2) is 2.57. The number of halogens is 1. The Labute approximate surface area is 67.8 Å². The van der Waals surface area contributed by atoms with E-state index in [1.54, 1.807) is 12.3 Å². The number of benzene rings is 1. The minimum absolute atomic E-state index is 0.285. The molecule has 0 saturated carbocycles. The van der Waals surface area contributed by atoms with E-state index in [-0.39, 0.29) is 6.61 Å². The Balaban J connectivity index is 2.73. The predicted molar refractivity (Wildman–Crippen MR) is 42.0 cm³/mol. The van der Waals surface area contributed by atoms with Crippen LogP contribution < -0.4 is 0 Å². The molecule has 0 aliphatic rings. The molecule has 4 heteroatoms. The van der Waals surface area contributed by atoms with Crippen molar-refractivity contribution < 1.29 is 9.50 Å². The van der Waals surface area contributed by atoms with Crippen molar-refractivity contribution in [3.63, 3.8) is 0 Å². The number of fused-ring (bicyclic) bond motifs is 1. The summed E-state index contributed by atoms with van der Waals surface area (Å²) in [7, 11) is 0. The van der Waals surface area contributed by atoms with Crippen LogP contribution in [0.3, 0.4) is 0 Å². The smallest absolute Gasteiger partial charge is 0.130 e. The molecular formula is C8H7FN2O. The van der Waals surface area contributed by atoms with Gasteiger partial charge in [-0.3, -0.25) is 5.10 Å². The lowest BCUT2D eigenvalue weighted by atomic mass is 10.1. The average Bonchev–Trinajstić information content (AvgIpc) is 2.49. The summed E-state index contributed by atoms with van der Waals surface area (Å²) in [6.07, 6.45) is 1.59. The number of aliphatic hydroxyl groups is 1. The maximum atomic E-state index is 13.0. The number of aromatic nitrogens is 2. The number of rotatable bonds is 1. The van der Waals surface area contributed by atoms with Crippen LogP contribution in [0.25, 0.3) is 10.9 Å². The Kier molecular flexibility index (Phi) is 1.55. The van der Waals surface area contributed by atoms with E-state index < -0.39 is 5.82 Å². The average molecular weight is 166 g/mol. The van der Waals surface area contributed by atoms with Gasteiger partial charge in [0.2, 0.25) is 0 Å². The number of aromatic amines is 1. The van der Waals surface area contributed by atoms with E-state index >= 15 is 0 Å². The summed E-state index contributed by atoms with van der Waals surface area (Å²) in [4.78, 5) is 0. The van der Waals surface area contributed by atoms with Gasteiger partial charge >= 0.3 is 0 Å². The van der Waals surface area contributed by atoms with E-state index in [0.29, 0.717) is 11.1 Å². The molecule has 0 saturated heterocycles. The molecule has 2 aromatic rings. The van der Waals surface area contributed by atoms with Gasteiger partial charge in [-0.05, 0) is 12.1 Å². The fourth-order valence-corrected chi connectivity index (χ4v) is 1.13. The van der Waals surface area contributed by atoms with Gasteiger partial charge in [0, 0.05) is 10.9 Å². The highest BCUT2D eigenvalue weighted by Gasteiger charge is 2.03. The summed E-state index contributed by atoms with van der Waals surface area (Å²) in [6.45, 7) is -0.285. The van der Waals surface area contributed by atoms with Crippen LogP contribution in [0.15, 0.2) is 18.3 Å². The van der Waals surface area contributed by atoms with E-state index in [4.69, 9.17) is 5.11 Å². The van der Waals surface area contributed by atoms with Crippen molar-refractivity contribution in [2.75, 3.05) is 0 Å². The first-order valence-corrected chi connectivity index (χ1v) is 3.53. The van der Waals surface area contributed by atoms with Crippen molar-refractivity contribution in [3.8, 4) is 0 Å². The molecule has 2 rings (SSSR count). The lowest BCUT2D eigenvalue weighted by molar-refractivity contribution is 0.276. The molecule has 0 aliphatic heterocycles. The van der Waals surface area contributed by atoms with Gasteiger partial charge in [-0.2, -0.15) is 5.10 Å². The molecule has 3 nitrogen and oxygen atoms in total. The number of nitrogens with zero attached hydrogens (tertiary/aromatic N) is 1. The second-order valence-corrected chi connectivity index (χ2v) is 2.56. The monoisotopic (exact) mass is 166 g/mol. The Bertz CT molecular complexity index is 410. The number of H-pyrrole nitrogens is 1. The Morgan fingerprint density at radius 1 is 1.50 bits per heavy atom. The number of nitrogens with one attached hydrogen (secondary N) is 1. The SMILES string of the molecule is OCc1cc2cn[nH]c2cc1F. The highest BCUT2D eigenvalue weighted by atomic mass is 19.1. The first-order chi connectivity index (χ1) is 5.81. The predicted octanol–water partition coefficient (Wildman–Crippen LogP) is 1.19. The standard InChI is InChI=1S/C8H7FN2O/c9-7-2-8-5(3-10-11-8)1-6(7)4-12/h1-3,12H,4H2,(H,10,11). The zero-order valence-electron chi connectivity index (χ0n) is 6.21. The number of aliphatic hydroxyl groups excluding tert-OH is 1. The zero-order valence-corrected chi connectivity index (χ0v) is 6.21. The van der Waals surface area contributed by atoms with Gasteiger partial charge in [0.25, 0.3) is 0 Å². The minimum atomic E-state index is -0.408. The summed E-state index contributed by atoms with van der Waals surface area (Å²) >= 11 is 0. The summed E-state index contributed by atoms with van der Waals surface area (Å²) in [5.74, 6) is -0.408. The highest BCUT2D eigenvalue weighted by Crippen LogP contribution is 2.16. The fourth-order valence-electron chi connectivity index (χ4n) is 1.13. The van der Waals surface area contributed by atoms with E-state index in [0.717, 1.165) is 5.39 Å². The lowest BCUT2D eigenvalue weighted by Crippen LogP contribution is -1.88. The van der Waals surface area contributed by atoms with Crippen LogP contribution in [-0.2, 0) is 6.61 Å². The molecule has 0 unspecified atom stereocenters. The Morgan fingerprint density at radius 3 is 3.08 bits per heavy atom. The molecule has 0 atom stereocenters. The molecule has 1 aromatic carbocycles. The third kappa shape index (κ3) is 0.967. The maximum Gasteiger partial charge on any atom is 0.130 e. The van der Waals surface area contributed by atoms with Gasteiger partial charge in [0.05, 0.1) is 18.3 Å². The zero-order chi connectivity index (χ0) is 8.55. The Morgan fingerprint density at radius 2 is 2.33 bits per heavy atom. The van der Waals surface area contributed by atoms with Gasteiger partial charge < -0.3 is 5.11 Å². The topological polar surface area (TPSA) is 48.9 Å². The van der Waals surface area contributed by atoms with Crippen LogP contribution in [0.2, 0.25) is 0 Å². The molecule has 0 radical (unpaired) electrons. The molecule has 2 N–H and O–H groups in total. The molecule has 0 spiro atoms. The fraction of sp³-hybridized carbons (Fsp3) is 0.125. The first-order valence-electron chi connectivity index (χ1n) is 3.53. The Hall–Kier alpha value is -1.42. The van der Waals surface area contributed by atoms with Crippen molar-refractivity contribution in [3.05, 3.63) is 29.7 Å².